The third-order valence-electron chi connectivity index (χ3n) is 5.16. The maximum absolute atomic E-state index is 12.3. The summed E-state index contributed by atoms with van der Waals surface area (Å²) in [5.41, 5.74) is -0.0489. The van der Waals surface area contributed by atoms with Crippen molar-refractivity contribution in [1.82, 2.24) is 10.2 Å². The Bertz CT molecular complexity index is 401. The maximum atomic E-state index is 12.3. The summed E-state index contributed by atoms with van der Waals surface area (Å²) >= 11 is 0. The van der Waals surface area contributed by atoms with E-state index in [0.29, 0.717) is 18.1 Å². The van der Waals surface area contributed by atoms with Crippen molar-refractivity contribution in [2.24, 2.45) is 16.7 Å². The van der Waals surface area contributed by atoms with Gasteiger partial charge in [0.05, 0.1) is 6.10 Å². The Kier molecular flexibility index (Phi) is 5.78. The minimum absolute atomic E-state index is 0.214. The van der Waals surface area contributed by atoms with Gasteiger partial charge in [0, 0.05) is 43.6 Å². The second kappa shape index (κ2) is 7.10. The minimum atomic E-state index is -0.263. The molecule has 2 atom stereocenters. The van der Waals surface area contributed by atoms with Crippen LogP contribution in [0.25, 0.3) is 0 Å². The van der Waals surface area contributed by atoms with Crippen LogP contribution in [0.1, 0.15) is 60.8 Å². The van der Waals surface area contributed by atoms with Crippen LogP contribution in [0.15, 0.2) is 0 Å². The molecule has 134 valence electrons. The number of hydrogen-bond acceptors (Lipinski definition) is 3. The summed E-state index contributed by atoms with van der Waals surface area (Å²) in [6.45, 7) is 16.5. The summed E-state index contributed by atoms with van der Waals surface area (Å²) in [5, 5.41) is 3.75. The highest BCUT2D eigenvalue weighted by atomic mass is 16.5. The summed E-state index contributed by atoms with van der Waals surface area (Å²) in [6, 6.07) is 0.542. The van der Waals surface area contributed by atoms with E-state index in [1.807, 2.05) is 25.7 Å². The first-order chi connectivity index (χ1) is 10.6. The fourth-order valence-electron chi connectivity index (χ4n) is 3.88. The highest BCUT2D eigenvalue weighted by Gasteiger charge is 2.37. The number of nitrogens with zero attached hydrogens (tertiary/aromatic N) is 1. The zero-order chi connectivity index (χ0) is 17.3. The number of amides is 1. The molecule has 0 bridgehead atoms. The first-order valence-electron chi connectivity index (χ1n) is 9.23. The molecule has 1 amide bonds. The maximum Gasteiger partial charge on any atom is 0.227 e. The predicted octanol–water partition coefficient (Wildman–Crippen LogP) is 3.06. The predicted molar refractivity (Wildman–Crippen MR) is 94.4 cm³/mol. The van der Waals surface area contributed by atoms with Gasteiger partial charge in [-0.3, -0.25) is 4.79 Å². The van der Waals surface area contributed by atoms with Gasteiger partial charge >= 0.3 is 0 Å². The lowest BCUT2D eigenvalue weighted by Crippen LogP contribution is -2.49. The zero-order valence-corrected chi connectivity index (χ0v) is 15.9. The van der Waals surface area contributed by atoms with E-state index in [0.717, 1.165) is 45.5 Å². The SMILES string of the molecule is CC(C)(C)C(=O)N1CCC(NC[C@H]2CCO[C@@H]2C(C)(C)C)CC1. The topological polar surface area (TPSA) is 41.6 Å². The standard InChI is InChI=1S/C19H36N2O2/c1-18(2,3)16-14(9-12-23-16)13-20-15-7-10-21(11-8-15)17(22)19(4,5)6/h14-16,20H,7-13H2,1-6H3/t14-,16+/m1/s1. The van der Waals surface area contributed by atoms with Gasteiger partial charge < -0.3 is 15.0 Å². The van der Waals surface area contributed by atoms with E-state index < -0.39 is 0 Å². The average molecular weight is 325 g/mol. The van der Waals surface area contributed by atoms with Gasteiger partial charge in [0.1, 0.15) is 0 Å². The van der Waals surface area contributed by atoms with Crippen LogP contribution in [0.5, 0.6) is 0 Å². The molecule has 2 aliphatic heterocycles. The van der Waals surface area contributed by atoms with Crippen molar-refractivity contribution in [3.05, 3.63) is 0 Å². The molecule has 2 aliphatic rings. The van der Waals surface area contributed by atoms with E-state index in [-0.39, 0.29) is 16.7 Å². The molecule has 0 radical (unpaired) electrons. The van der Waals surface area contributed by atoms with Gasteiger partial charge in [0.15, 0.2) is 0 Å². The van der Waals surface area contributed by atoms with E-state index in [4.69, 9.17) is 4.74 Å². The normalized spacial score (nSPS) is 27.5. The van der Waals surface area contributed by atoms with E-state index in [9.17, 15) is 4.79 Å². The first-order valence-corrected chi connectivity index (χ1v) is 9.23. The quantitative estimate of drug-likeness (QED) is 0.867. The number of ether oxygens (including phenoxy) is 1. The molecule has 0 aromatic carbocycles. The Morgan fingerprint density at radius 3 is 2.22 bits per heavy atom. The number of carbonyl (C=O) groups is 1. The molecular formula is C19H36N2O2. The fourth-order valence-corrected chi connectivity index (χ4v) is 3.88. The third-order valence-corrected chi connectivity index (χ3v) is 5.16. The molecule has 2 rings (SSSR count). The van der Waals surface area contributed by atoms with E-state index in [1.165, 1.54) is 0 Å². The van der Waals surface area contributed by atoms with Gasteiger partial charge in [0.2, 0.25) is 5.91 Å². The lowest BCUT2D eigenvalue weighted by molar-refractivity contribution is -0.140. The molecule has 1 N–H and O–H groups in total. The molecule has 2 heterocycles. The van der Waals surface area contributed by atoms with Crippen molar-refractivity contribution in [2.45, 2.75) is 73.0 Å². The summed E-state index contributed by atoms with van der Waals surface area (Å²) in [5.74, 6) is 0.900. The number of nitrogens with one attached hydrogen (secondary N) is 1. The lowest BCUT2D eigenvalue weighted by atomic mass is 9.81. The van der Waals surface area contributed by atoms with Crippen molar-refractivity contribution in [3.8, 4) is 0 Å². The Morgan fingerprint density at radius 1 is 1.09 bits per heavy atom. The molecule has 0 aromatic rings. The molecule has 0 saturated carbocycles. The molecule has 0 aliphatic carbocycles. The van der Waals surface area contributed by atoms with Crippen molar-refractivity contribution < 1.29 is 9.53 Å². The smallest absolute Gasteiger partial charge is 0.227 e. The number of piperidine rings is 1. The Morgan fingerprint density at radius 2 is 1.70 bits per heavy atom. The van der Waals surface area contributed by atoms with Crippen LogP contribution >= 0.6 is 0 Å². The van der Waals surface area contributed by atoms with Crippen LogP contribution in [0.4, 0.5) is 0 Å². The molecule has 4 heteroatoms. The highest BCUT2D eigenvalue weighted by Crippen LogP contribution is 2.34. The number of carbonyl (C=O) groups excluding carboxylic acids is 1. The van der Waals surface area contributed by atoms with Crippen molar-refractivity contribution in [3.63, 3.8) is 0 Å². The van der Waals surface area contributed by atoms with Crippen LogP contribution in [0.2, 0.25) is 0 Å². The molecule has 4 nitrogen and oxygen atoms in total. The van der Waals surface area contributed by atoms with E-state index >= 15 is 0 Å². The number of rotatable bonds is 3. The fraction of sp³-hybridized carbons (Fsp3) is 0.947. The highest BCUT2D eigenvalue weighted by molar-refractivity contribution is 5.81. The molecular weight excluding hydrogens is 288 g/mol. The zero-order valence-electron chi connectivity index (χ0n) is 15.9. The van der Waals surface area contributed by atoms with Crippen molar-refractivity contribution in [2.75, 3.05) is 26.2 Å². The van der Waals surface area contributed by atoms with E-state index in [2.05, 4.69) is 26.1 Å². The summed E-state index contributed by atoms with van der Waals surface area (Å²) in [6.07, 6.45) is 3.65. The number of likely N-dealkylation sites (tertiary alicyclic amines) is 1. The molecule has 23 heavy (non-hydrogen) atoms. The average Bonchev–Trinajstić information content (AvgIpc) is 2.92. The summed E-state index contributed by atoms with van der Waals surface area (Å²) in [4.78, 5) is 14.4. The third kappa shape index (κ3) is 4.93. The van der Waals surface area contributed by atoms with Crippen LogP contribution in [-0.4, -0.2) is 49.2 Å². The monoisotopic (exact) mass is 324 g/mol. The first kappa shape index (κ1) is 18.7. The van der Waals surface area contributed by atoms with Gasteiger partial charge in [-0.15, -0.1) is 0 Å². The van der Waals surface area contributed by atoms with Gasteiger partial charge in [0.25, 0.3) is 0 Å². The van der Waals surface area contributed by atoms with Crippen LogP contribution in [0, 0.1) is 16.7 Å². The van der Waals surface area contributed by atoms with Crippen LogP contribution in [0.3, 0.4) is 0 Å². The van der Waals surface area contributed by atoms with E-state index in [1.54, 1.807) is 0 Å². The van der Waals surface area contributed by atoms with Crippen molar-refractivity contribution in [1.29, 1.82) is 0 Å². The molecule has 0 aromatic heterocycles. The van der Waals surface area contributed by atoms with Gasteiger partial charge in [-0.1, -0.05) is 41.5 Å². The molecule has 2 saturated heterocycles. The minimum Gasteiger partial charge on any atom is -0.377 e. The Labute approximate surface area is 142 Å². The Hall–Kier alpha value is -0.610. The van der Waals surface area contributed by atoms with Crippen molar-refractivity contribution >= 4 is 5.91 Å². The second-order valence-corrected chi connectivity index (χ2v) is 9.43. The van der Waals surface area contributed by atoms with Gasteiger partial charge in [-0.05, 0) is 24.7 Å². The van der Waals surface area contributed by atoms with Crippen LogP contribution < -0.4 is 5.32 Å². The molecule has 0 spiro atoms. The molecule has 0 unspecified atom stereocenters. The molecule has 2 fully saturated rings. The second-order valence-electron chi connectivity index (χ2n) is 9.43. The largest absolute Gasteiger partial charge is 0.377 e. The van der Waals surface area contributed by atoms with Gasteiger partial charge in [-0.25, -0.2) is 0 Å². The summed E-state index contributed by atoms with van der Waals surface area (Å²) in [7, 11) is 0. The number of hydrogen-bond donors (Lipinski definition) is 1. The summed E-state index contributed by atoms with van der Waals surface area (Å²) < 4.78 is 5.96. The van der Waals surface area contributed by atoms with Gasteiger partial charge in [-0.2, -0.15) is 0 Å². The van der Waals surface area contributed by atoms with Crippen LogP contribution in [-0.2, 0) is 9.53 Å². The Balaban J connectivity index is 1.76. The lowest BCUT2D eigenvalue weighted by Gasteiger charge is -2.37.